The zero-order valence-corrected chi connectivity index (χ0v) is 14.7. The molecule has 4 heterocycles. The SMILES string of the molecule is O=C(NC1C2COC(O2)C(n2cnc3ccccc32)C1O)N1CCOCC1. The number of aromatic nitrogens is 2. The van der Waals surface area contributed by atoms with Gasteiger partial charge in [-0.05, 0) is 12.1 Å². The molecular formula is C18H22N4O5. The molecule has 5 unspecified atom stereocenters. The molecule has 5 rings (SSSR count). The van der Waals surface area contributed by atoms with Gasteiger partial charge in [-0.1, -0.05) is 12.1 Å². The molecule has 3 saturated heterocycles. The van der Waals surface area contributed by atoms with Crippen LogP contribution in [-0.2, 0) is 14.2 Å². The largest absolute Gasteiger partial charge is 0.388 e. The summed E-state index contributed by atoms with van der Waals surface area (Å²) in [6, 6.07) is 6.42. The molecule has 0 spiro atoms. The summed E-state index contributed by atoms with van der Waals surface area (Å²) in [6.07, 6.45) is -0.121. The Bertz CT molecular complexity index is 836. The first-order chi connectivity index (χ1) is 13.2. The van der Waals surface area contributed by atoms with Crippen LogP contribution in [0.15, 0.2) is 30.6 Å². The molecule has 3 fully saturated rings. The lowest BCUT2D eigenvalue weighted by atomic mass is 9.95. The average molecular weight is 374 g/mol. The van der Waals surface area contributed by atoms with Crippen molar-refractivity contribution in [1.82, 2.24) is 19.8 Å². The highest BCUT2D eigenvalue weighted by molar-refractivity contribution is 5.76. The molecule has 9 heteroatoms. The number of rotatable bonds is 2. The second-order valence-electron chi connectivity index (χ2n) is 7.07. The molecule has 1 aromatic carbocycles. The second kappa shape index (κ2) is 6.75. The van der Waals surface area contributed by atoms with Crippen molar-refractivity contribution >= 4 is 17.1 Å². The van der Waals surface area contributed by atoms with E-state index in [4.69, 9.17) is 14.2 Å². The number of aliphatic hydroxyl groups excluding tert-OH is 1. The van der Waals surface area contributed by atoms with Crippen LogP contribution in [-0.4, -0.2) is 83.0 Å². The summed E-state index contributed by atoms with van der Waals surface area (Å²) in [5.41, 5.74) is 1.72. The fourth-order valence-corrected chi connectivity index (χ4v) is 4.09. The fraction of sp³-hybridized carbons (Fsp3) is 0.556. The van der Waals surface area contributed by atoms with E-state index in [2.05, 4.69) is 10.3 Å². The van der Waals surface area contributed by atoms with Gasteiger partial charge in [-0.2, -0.15) is 0 Å². The normalized spacial score (nSPS) is 33.4. The third-order valence-corrected chi connectivity index (χ3v) is 5.52. The molecule has 27 heavy (non-hydrogen) atoms. The molecule has 1 aromatic heterocycles. The van der Waals surface area contributed by atoms with E-state index in [1.54, 1.807) is 11.2 Å². The summed E-state index contributed by atoms with van der Waals surface area (Å²) in [7, 11) is 0. The van der Waals surface area contributed by atoms with E-state index in [1.165, 1.54) is 0 Å². The minimum Gasteiger partial charge on any atom is -0.388 e. The Morgan fingerprint density at radius 2 is 2.07 bits per heavy atom. The summed E-state index contributed by atoms with van der Waals surface area (Å²) in [5.74, 6) is 0. The van der Waals surface area contributed by atoms with E-state index in [9.17, 15) is 9.90 Å². The third kappa shape index (κ3) is 2.87. The highest BCUT2D eigenvalue weighted by Gasteiger charge is 2.52. The van der Waals surface area contributed by atoms with Crippen LogP contribution in [0.2, 0.25) is 0 Å². The smallest absolute Gasteiger partial charge is 0.317 e. The Labute approximate surface area is 155 Å². The van der Waals surface area contributed by atoms with Crippen molar-refractivity contribution in [3.63, 3.8) is 0 Å². The number of hydrogen-bond donors (Lipinski definition) is 2. The van der Waals surface area contributed by atoms with Gasteiger partial charge in [0.05, 0.1) is 43.2 Å². The molecule has 2 aromatic rings. The van der Waals surface area contributed by atoms with Crippen molar-refractivity contribution in [3.8, 4) is 0 Å². The monoisotopic (exact) mass is 374 g/mol. The maximum absolute atomic E-state index is 12.6. The van der Waals surface area contributed by atoms with Crippen LogP contribution in [0.25, 0.3) is 11.0 Å². The van der Waals surface area contributed by atoms with Gasteiger partial charge in [0.2, 0.25) is 0 Å². The lowest BCUT2D eigenvalue weighted by Gasteiger charge is -2.40. The fourth-order valence-electron chi connectivity index (χ4n) is 4.09. The zero-order valence-electron chi connectivity index (χ0n) is 14.7. The number of para-hydroxylation sites is 2. The molecule has 3 aliphatic heterocycles. The number of amides is 2. The van der Waals surface area contributed by atoms with Crippen molar-refractivity contribution in [3.05, 3.63) is 30.6 Å². The first-order valence-corrected chi connectivity index (χ1v) is 9.22. The van der Waals surface area contributed by atoms with Crippen molar-refractivity contribution < 1.29 is 24.1 Å². The van der Waals surface area contributed by atoms with E-state index in [0.717, 1.165) is 11.0 Å². The number of carbonyl (C=O) groups excluding carboxylic acids is 1. The summed E-state index contributed by atoms with van der Waals surface area (Å²) < 4.78 is 18.9. The van der Waals surface area contributed by atoms with Crippen LogP contribution in [0.3, 0.4) is 0 Å². The average Bonchev–Trinajstić information content (AvgIpc) is 3.32. The minimum absolute atomic E-state index is 0.217. The van der Waals surface area contributed by atoms with Crippen LogP contribution in [0.1, 0.15) is 6.04 Å². The van der Waals surface area contributed by atoms with Gasteiger partial charge >= 0.3 is 6.03 Å². The Hall–Kier alpha value is -2.20. The van der Waals surface area contributed by atoms with Crippen molar-refractivity contribution in [2.75, 3.05) is 32.9 Å². The van der Waals surface area contributed by atoms with Crippen LogP contribution >= 0.6 is 0 Å². The highest BCUT2D eigenvalue weighted by atomic mass is 16.7. The van der Waals surface area contributed by atoms with Crippen molar-refractivity contribution in [2.45, 2.75) is 30.6 Å². The summed E-state index contributed by atoms with van der Waals surface area (Å²) in [4.78, 5) is 18.7. The predicted octanol–water partition coefficient (Wildman–Crippen LogP) is 0.104. The lowest BCUT2D eigenvalue weighted by molar-refractivity contribution is -0.163. The molecule has 144 valence electrons. The van der Waals surface area contributed by atoms with E-state index >= 15 is 0 Å². The van der Waals surface area contributed by atoms with Crippen LogP contribution in [0.4, 0.5) is 4.79 Å². The molecule has 5 atom stereocenters. The highest BCUT2D eigenvalue weighted by Crippen LogP contribution is 2.37. The minimum atomic E-state index is -0.862. The maximum atomic E-state index is 12.6. The van der Waals surface area contributed by atoms with Gasteiger partial charge in [-0.25, -0.2) is 9.78 Å². The number of ether oxygens (including phenoxy) is 3. The number of fused-ring (bicyclic) bond motifs is 3. The standard InChI is InChI=1S/C18H22N4O5/c23-16-14(20-18(24)21-5-7-25-8-6-21)13-9-26-17(27-13)15(16)22-10-19-11-3-1-2-4-12(11)22/h1-4,10,13-17,23H,5-9H2,(H,20,24). The van der Waals surface area contributed by atoms with Crippen LogP contribution in [0, 0.1) is 0 Å². The Kier molecular flexibility index (Phi) is 4.24. The molecule has 2 bridgehead atoms. The number of benzene rings is 1. The molecule has 0 saturated carbocycles. The number of nitrogens with one attached hydrogen (secondary N) is 1. The molecule has 2 N–H and O–H groups in total. The van der Waals surface area contributed by atoms with E-state index in [0.29, 0.717) is 32.9 Å². The summed E-state index contributed by atoms with van der Waals surface area (Å²) >= 11 is 0. The topological polar surface area (TPSA) is 98.1 Å². The van der Waals surface area contributed by atoms with Crippen molar-refractivity contribution in [2.24, 2.45) is 0 Å². The molecule has 9 nitrogen and oxygen atoms in total. The number of urea groups is 1. The van der Waals surface area contributed by atoms with E-state index in [-0.39, 0.29) is 12.1 Å². The van der Waals surface area contributed by atoms with E-state index in [1.807, 2.05) is 28.8 Å². The van der Waals surface area contributed by atoms with E-state index < -0.39 is 24.5 Å². The molecule has 2 amide bonds. The Morgan fingerprint density at radius 3 is 2.93 bits per heavy atom. The van der Waals surface area contributed by atoms with Crippen LogP contribution in [0.5, 0.6) is 0 Å². The zero-order chi connectivity index (χ0) is 18.4. The number of nitrogens with zero attached hydrogens (tertiary/aromatic N) is 3. The number of hydrogen-bond acceptors (Lipinski definition) is 6. The Balaban J connectivity index is 1.41. The Morgan fingerprint density at radius 1 is 1.26 bits per heavy atom. The van der Waals surface area contributed by atoms with Gasteiger partial charge in [-0.3, -0.25) is 0 Å². The van der Waals surface area contributed by atoms with Gasteiger partial charge in [0.15, 0.2) is 6.29 Å². The molecule has 3 aliphatic rings. The lowest BCUT2D eigenvalue weighted by Crippen LogP contribution is -2.61. The molecular weight excluding hydrogens is 352 g/mol. The summed E-state index contributed by atoms with van der Waals surface area (Å²) in [6.45, 7) is 2.45. The van der Waals surface area contributed by atoms with Gasteiger partial charge in [-0.15, -0.1) is 0 Å². The van der Waals surface area contributed by atoms with Gasteiger partial charge in [0.1, 0.15) is 18.2 Å². The molecule has 0 aliphatic carbocycles. The quantitative estimate of drug-likeness (QED) is 0.774. The predicted molar refractivity (Wildman–Crippen MR) is 94.1 cm³/mol. The number of carbonyl (C=O) groups is 1. The first-order valence-electron chi connectivity index (χ1n) is 9.22. The van der Waals surface area contributed by atoms with Crippen molar-refractivity contribution in [1.29, 1.82) is 0 Å². The second-order valence-corrected chi connectivity index (χ2v) is 7.07. The number of imidazole rings is 1. The number of morpholine rings is 1. The maximum Gasteiger partial charge on any atom is 0.317 e. The van der Waals surface area contributed by atoms with Gasteiger partial charge in [0.25, 0.3) is 0 Å². The van der Waals surface area contributed by atoms with Gasteiger partial charge in [0, 0.05) is 13.1 Å². The first kappa shape index (κ1) is 16.9. The summed E-state index contributed by atoms with van der Waals surface area (Å²) in [5, 5.41) is 14.1. The van der Waals surface area contributed by atoms with Gasteiger partial charge < -0.3 is 34.1 Å². The molecule has 0 radical (unpaired) electrons. The third-order valence-electron chi connectivity index (χ3n) is 5.52. The van der Waals surface area contributed by atoms with Crippen LogP contribution < -0.4 is 5.32 Å². The number of aliphatic hydroxyl groups is 1.